The van der Waals surface area contributed by atoms with Crippen molar-refractivity contribution < 1.29 is 57.3 Å². The lowest BCUT2D eigenvalue weighted by Crippen LogP contribution is -2.30. The third-order valence-electron chi connectivity index (χ3n) is 2.93. The third kappa shape index (κ3) is 9.75. The van der Waals surface area contributed by atoms with E-state index in [1.165, 1.54) is 0 Å². The average Bonchev–Trinajstić information content (AvgIpc) is 2.94. The summed E-state index contributed by atoms with van der Waals surface area (Å²) in [6, 6.07) is 0. The molecule has 0 saturated heterocycles. The van der Waals surface area contributed by atoms with Gasteiger partial charge in [-0.3, -0.25) is 0 Å². The molecule has 9 nitrogen and oxygen atoms in total. The number of imidazole rings is 1. The van der Waals surface area contributed by atoms with Crippen LogP contribution in [0.1, 0.15) is 26.2 Å². The van der Waals surface area contributed by atoms with Gasteiger partial charge in [0.2, 0.25) is 6.33 Å². The van der Waals surface area contributed by atoms with Crippen molar-refractivity contribution in [1.29, 1.82) is 0 Å². The molecule has 0 amide bonds. The van der Waals surface area contributed by atoms with Crippen LogP contribution in [0.3, 0.4) is 0 Å². The molecular weight excluding hydrogens is 472 g/mol. The van der Waals surface area contributed by atoms with Gasteiger partial charge in [0.1, 0.15) is 12.4 Å². The molecule has 0 aliphatic rings. The molecule has 176 valence electrons. The predicted octanol–water partition coefficient (Wildman–Crippen LogP) is 2.11. The van der Waals surface area contributed by atoms with Gasteiger partial charge in [-0.05, 0) is 6.42 Å². The fourth-order valence-electron chi connectivity index (χ4n) is 1.54. The van der Waals surface area contributed by atoms with Gasteiger partial charge < -0.3 is 8.86 Å². The molecule has 0 radical (unpaired) electrons. The van der Waals surface area contributed by atoms with Gasteiger partial charge in [0, 0.05) is 0 Å². The lowest BCUT2D eigenvalue weighted by molar-refractivity contribution is -0.671. The maximum atomic E-state index is 11.4. The van der Waals surface area contributed by atoms with Crippen molar-refractivity contribution in [3.8, 4) is 0 Å². The molecule has 0 atom stereocenters. The van der Waals surface area contributed by atoms with Gasteiger partial charge in [-0.15, -0.1) is 0 Å². The highest BCUT2D eigenvalue weighted by Gasteiger charge is 2.46. The molecule has 0 aliphatic carbocycles. The van der Waals surface area contributed by atoms with Crippen LogP contribution in [-0.4, -0.2) is 45.0 Å². The van der Waals surface area contributed by atoms with E-state index in [0.717, 1.165) is 23.4 Å². The van der Waals surface area contributed by atoms with Gasteiger partial charge in [0.05, 0.1) is 13.7 Å². The van der Waals surface area contributed by atoms with E-state index in [0.29, 0.717) is 13.2 Å². The number of rotatable bonds is 8. The molecule has 0 aromatic carbocycles. The van der Waals surface area contributed by atoms with Crippen LogP contribution in [0.4, 0.5) is 26.3 Å². The number of aryl methyl sites for hydroxylation is 1. The Balaban J connectivity index is 0.000000561. The molecule has 30 heavy (non-hydrogen) atoms. The molecule has 0 aliphatic heterocycles. The van der Waals surface area contributed by atoms with Crippen molar-refractivity contribution in [2.24, 2.45) is 7.05 Å². The molecule has 0 N–H and O–H groups in total. The number of sulfonamides is 2. The Bertz CT molecular complexity index is 851. The van der Waals surface area contributed by atoms with Crippen LogP contribution in [0.15, 0.2) is 18.7 Å². The molecule has 0 spiro atoms. The first-order valence-electron chi connectivity index (χ1n) is 7.96. The van der Waals surface area contributed by atoms with Crippen molar-refractivity contribution in [3.63, 3.8) is 0 Å². The summed E-state index contributed by atoms with van der Waals surface area (Å²) in [5, 5.41) is 0. The van der Waals surface area contributed by atoms with Crippen molar-refractivity contribution in [2.75, 3.05) is 6.61 Å². The Kier molecular flexibility index (Phi) is 10.3. The minimum atomic E-state index is -6.72. The number of hydrogen-bond acceptors (Lipinski definition) is 6. The topological polar surface area (TPSA) is 117 Å². The van der Waals surface area contributed by atoms with Crippen LogP contribution >= 0.6 is 0 Å². The number of hydrogen-bond donors (Lipinski definition) is 0. The third-order valence-corrected chi connectivity index (χ3v) is 5.67. The monoisotopic (exact) mass is 491 g/mol. The van der Waals surface area contributed by atoms with E-state index >= 15 is 0 Å². The van der Waals surface area contributed by atoms with Crippen LogP contribution in [0.25, 0.3) is 4.13 Å². The molecule has 0 saturated carbocycles. The summed E-state index contributed by atoms with van der Waals surface area (Å²) in [7, 11) is -11.5. The maximum absolute atomic E-state index is 11.4. The van der Waals surface area contributed by atoms with E-state index in [1.54, 1.807) is 0 Å². The van der Waals surface area contributed by atoms with E-state index < -0.39 is 31.1 Å². The highest BCUT2D eigenvalue weighted by Crippen LogP contribution is 2.36. The summed E-state index contributed by atoms with van der Waals surface area (Å²) in [5.41, 5.74) is -12.4. The number of carbonyl (C=O) groups is 1. The summed E-state index contributed by atoms with van der Waals surface area (Å²) in [4.78, 5) is 11.3. The van der Waals surface area contributed by atoms with Crippen LogP contribution in [0.2, 0.25) is 0 Å². The van der Waals surface area contributed by atoms with E-state index in [2.05, 4.69) is 6.92 Å². The van der Waals surface area contributed by atoms with Gasteiger partial charge in [0.15, 0.2) is 26.6 Å². The number of esters is 1. The molecule has 1 rings (SSSR count). The largest absolute Gasteiger partial charge is 0.480 e. The Morgan fingerprint density at radius 1 is 1.03 bits per heavy atom. The molecule has 1 heterocycles. The van der Waals surface area contributed by atoms with E-state index in [-0.39, 0.29) is 5.97 Å². The lowest BCUT2D eigenvalue weighted by atomic mass is 10.3. The number of halogens is 6. The second kappa shape index (κ2) is 10.9. The first-order chi connectivity index (χ1) is 13.4. The standard InChI is InChI=1S/C11H19N2O2.C2F6NO4S2/c1-3-4-5-8-15-11(14)9-13-7-6-12(2)10-13;3-1(4,5)14(10,11)9-15(12,13)2(6,7)8/h6-7,10H,3-5,8-9H2,1-2H3;/q+1;-1. The Morgan fingerprint density at radius 3 is 1.90 bits per heavy atom. The van der Waals surface area contributed by atoms with E-state index in [1.807, 2.05) is 34.9 Å². The Morgan fingerprint density at radius 2 is 1.53 bits per heavy atom. The number of ether oxygens (including phenoxy) is 1. The molecule has 0 fully saturated rings. The predicted molar refractivity (Wildman–Crippen MR) is 89.4 cm³/mol. The molecule has 0 unspecified atom stereocenters. The lowest BCUT2D eigenvalue weighted by Gasteiger charge is -2.22. The summed E-state index contributed by atoms with van der Waals surface area (Å²) in [6.07, 6.45) is 8.82. The first kappa shape index (κ1) is 28.1. The van der Waals surface area contributed by atoms with Crippen molar-refractivity contribution in [1.82, 2.24) is 4.57 Å². The number of carbonyl (C=O) groups excluding carboxylic acids is 1. The number of alkyl halides is 6. The van der Waals surface area contributed by atoms with Crippen molar-refractivity contribution >= 4 is 26.0 Å². The zero-order valence-electron chi connectivity index (χ0n) is 15.6. The second-order valence-corrected chi connectivity index (χ2v) is 9.02. The zero-order chi connectivity index (χ0) is 23.8. The number of unbranched alkanes of at least 4 members (excludes halogenated alkanes) is 2. The molecular formula is C13H19F6N3O6S2. The Labute approximate surface area is 168 Å². The number of aromatic nitrogens is 2. The molecule has 1 aromatic heterocycles. The van der Waals surface area contributed by atoms with Crippen LogP contribution < -0.4 is 4.57 Å². The van der Waals surface area contributed by atoms with Crippen molar-refractivity contribution in [2.45, 2.75) is 43.7 Å². The van der Waals surface area contributed by atoms with E-state index in [4.69, 9.17) is 4.74 Å². The summed E-state index contributed by atoms with van der Waals surface area (Å²) >= 11 is 0. The summed E-state index contributed by atoms with van der Waals surface area (Å²) in [6.45, 7) is 2.97. The highest BCUT2D eigenvalue weighted by atomic mass is 32.3. The van der Waals surface area contributed by atoms with Crippen LogP contribution in [-0.2, 0) is 43.2 Å². The Hall–Kier alpha value is -1.88. The van der Waals surface area contributed by atoms with Gasteiger partial charge in [-0.25, -0.2) is 30.8 Å². The summed E-state index contributed by atoms with van der Waals surface area (Å²) in [5.74, 6) is -0.165. The number of nitrogens with zero attached hydrogens (tertiary/aromatic N) is 3. The normalized spacial score (nSPS) is 12.8. The SMILES string of the molecule is CCCCCOC(=O)Cn1cc[n+](C)c1.O=S(=O)([N-]S(=O)(=O)C(F)(F)F)C(F)(F)F. The molecule has 1 aromatic rings. The summed E-state index contributed by atoms with van der Waals surface area (Å²) < 4.78 is 118. The maximum Gasteiger partial charge on any atom is 0.480 e. The molecule has 17 heteroatoms. The highest BCUT2D eigenvalue weighted by molar-refractivity contribution is 8.13. The van der Waals surface area contributed by atoms with Crippen LogP contribution in [0.5, 0.6) is 0 Å². The van der Waals surface area contributed by atoms with Crippen LogP contribution in [0, 0.1) is 0 Å². The van der Waals surface area contributed by atoms with Crippen molar-refractivity contribution in [3.05, 3.63) is 22.8 Å². The van der Waals surface area contributed by atoms with E-state index in [9.17, 15) is 48.0 Å². The quantitative estimate of drug-likeness (QED) is 0.238. The van der Waals surface area contributed by atoms with Gasteiger partial charge in [-0.1, -0.05) is 19.8 Å². The average molecular weight is 491 g/mol. The fraction of sp³-hybridized carbons (Fsp3) is 0.692. The van der Waals surface area contributed by atoms with Gasteiger partial charge in [-0.2, -0.15) is 26.3 Å². The second-order valence-electron chi connectivity index (χ2n) is 5.60. The smallest absolute Gasteiger partial charge is 0.463 e. The fourth-order valence-corrected chi connectivity index (χ4v) is 3.25. The first-order valence-corrected chi connectivity index (χ1v) is 10.8. The minimum Gasteiger partial charge on any atom is -0.463 e. The molecule has 0 bridgehead atoms. The van der Waals surface area contributed by atoms with Gasteiger partial charge >= 0.3 is 17.0 Å². The zero-order valence-corrected chi connectivity index (χ0v) is 17.3. The van der Waals surface area contributed by atoms with Gasteiger partial charge in [0.25, 0.3) is 0 Å². The minimum absolute atomic E-state index is 0.165.